The van der Waals surface area contributed by atoms with Crippen LogP contribution in [0.15, 0.2) is 24.3 Å². The van der Waals surface area contributed by atoms with E-state index in [1.165, 1.54) is 24.3 Å². The third-order valence-electron chi connectivity index (χ3n) is 2.63. The van der Waals surface area contributed by atoms with Crippen LogP contribution in [0, 0.1) is 10.1 Å². The highest BCUT2D eigenvalue weighted by molar-refractivity contribution is 5.77. The average Bonchev–Trinajstić information content (AvgIpc) is 2.43. The lowest BCUT2D eigenvalue weighted by Gasteiger charge is -2.16. The summed E-state index contributed by atoms with van der Waals surface area (Å²) >= 11 is 0. The SMILES string of the molecule is N[C@](O)(CCC(=O)OCc1ccc([N+](=O)[O-])cc1)C(=O)O. The van der Waals surface area contributed by atoms with Crippen molar-refractivity contribution < 1.29 is 29.5 Å². The monoisotopic (exact) mass is 298 g/mol. The maximum Gasteiger partial charge on any atom is 0.351 e. The summed E-state index contributed by atoms with van der Waals surface area (Å²) in [6.07, 6.45) is -0.853. The molecule has 0 aliphatic heterocycles. The van der Waals surface area contributed by atoms with E-state index in [1.54, 1.807) is 0 Å². The Balaban J connectivity index is 2.43. The fraction of sp³-hybridized carbons (Fsp3) is 0.333. The molecule has 0 radical (unpaired) electrons. The largest absolute Gasteiger partial charge is 0.478 e. The molecule has 1 aromatic carbocycles. The average molecular weight is 298 g/mol. The molecular formula is C12H14N2O7. The van der Waals surface area contributed by atoms with E-state index in [4.69, 9.17) is 15.6 Å². The topological polar surface area (TPSA) is 153 Å². The maximum atomic E-state index is 11.4. The first-order chi connectivity index (χ1) is 9.72. The number of rotatable bonds is 7. The summed E-state index contributed by atoms with van der Waals surface area (Å²) in [5, 5.41) is 28.2. The Morgan fingerprint density at radius 1 is 1.33 bits per heavy atom. The lowest BCUT2D eigenvalue weighted by Crippen LogP contribution is -2.48. The van der Waals surface area contributed by atoms with Crippen LogP contribution in [-0.4, -0.2) is 32.8 Å². The highest BCUT2D eigenvalue weighted by atomic mass is 16.6. The van der Waals surface area contributed by atoms with Gasteiger partial charge in [0.05, 0.1) is 11.3 Å². The summed E-state index contributed by atoms with van der Waals surface area (Å²) in [5.74, 6) is -2.37. The fourth-order valence-corrected chi connectivity index (χ4v) is 1.35. The molecule has 0 aromatic heterocycles. The number of aliphatic hydroxyl groups is 1. The normalized spacial score (nSPS) is 13.2. The van der Waals surface area contributed by atoms with Gasteiger partial charge in [-0.2, -0.15) is 0 Å². The molecule has 1 aromatic rings. The van der Waals surface area contributed by atoms with Gasteiger partial charge in [-0.25, -0.2) is 4.79 Å². The Hall–Kier alpha value is -2.52. The molecule has 0 heterocycles. The van der Waals surface area contributed by atoms with Crippen LogP contribution >= 0.6 is 0 Å². The minimum absolute atomic E-state index is 0.0836. The van der Waals surface area contributed by atoms with Crippen molar-refractivity contribution in [1.29, 1.82) is 0 Å². The molecule has 0 spiro atoms. The predicted molar refractivity (Wildman–Crippen MR) is 68.9 cm³/mol. The van der Waals surface area contributed by atoms with E-state index < -0.39 is 29.0 Å². The lowest BCUT2D eigenvalue weighted by atomic mass is 10.1. The summed E-state index contributed by atoms with van der Waals surface area (Å²) < 4.78 is 4.84. The number of aliphatic carboxylic acids is 1. The van der Waals surface area contributed by atoms with E-state index in [2.05, 4.69) is 0 Å². The second-order valence-electron chi connectivity index (χ2n) is 4.31. The second kappa shape index (κ2) is 6.77. The number of nitrogens with zero attached hydrogens (tertiary/aromatic N) is 1. The van der Waals surface area contributed by atoms with Crippen LogP contribution in [0.25, 0.3) is 0 Å². The van der Waals surface area contributed by atoms with E-state index in [0.717, 1.165) is 0 Å². The van der Waals surface area contributed by atoms with Crippen molar-refractivity contribution in [3.63, 3.8) is 0 Å². The lowest BCUT2D eigenvalue weighted by molar-refractivity contribution is -0.384. The molecule has 9 heteroatoms. The van der Waals surface area contributed by atoms with E-state index in [-0.39, 0.29) is 18.7 Å². The molecule has 114 valence electrons. The quantitative estimate of drug-likeness (QED) is 0.278. The number of carbonyl (C=O) groups excluding carboxylic acids is 1. The van der Waals surface area contributed by atoms with Crippen molar-refractivity contribution in [3.05, 3.63) is 39.9 Å². The number of carbonyl (C=O) groups is 2. The molecule has 0 saturated heterocycles. The van der Waals surface area contributed by atoms with Gasteiger partial charge in [0.2, 0.25) is 5.72 Å². The minimum atomic E-state index is -2.48. The number of carboxylic acid groups (broad SMARTS) is 1. The first-order valence-corrected chi connectivity index (χ1v) is 5.86. The zero-order chi connectivity index (χ0) is 16.0. The molecular weight excluding hydrogens is 284 g/mol. The number of hydrogen-bond donors (Lipinski definition) is 3. The summed E-state index contributed by atoms with van der Waals surface area (Å²) in [4.78, 5) is 31.8. The molecule has 0 aliphatic rings. The molecule has 0 fully saturated rings. The van der Waals surface area contributed by atoms with Gasteiger partial charge in [0.15, 0.2) is 0 Å². The molecule has 21 heavy (non-hydrogen) atoms. The molecule has 0 amide bonds. The van der Waals surface area contributed by atoms with Gasteiger partial charge in [0.1, 0.15) is 6.61 Å². The van der Waals surface area contributed by atoms with E-state index in [9.17, 15) is 24.8 Å². The van der Waals surface area contributed by atoms with Crippen molar-refractivity contribution >= 4 is 17.6 Å². The molecule has 0 saturated carbocycles. The van der Waals surface area contributed by atoms with Crippen molar-refractivity contribution in [2.45, 2.75) is 25.2 Å². The van der Waals surface area contributed by atoms with E-state index in [1.807, 2.05) is 0 Å². The van der Waals surface area contributed by atoms with Gasteiger partial charge < -0.3 is 14.9 Å². The molecule has 1 rings (SSSR count). The molecule has 0 aliphatic carbocycles. The van der Waals surface area contributed by atoms with Crippen LogP contribution in [-0.2, 0) is 20.9 Å². The van der Waals surface area contributed by atoms with Crippen molar-refractivity contribution in [2.24, 2.45) is 5.73 Å². The Labute approximate surface area is 119 Å². The Morgan fingerprint density at radius 3 is 2.38 bits per heavy atom. The fourth-order valence-electron chi connectivity index (χ4n) is 1.35. The van der Waals surface area contributed by atoms with Crippen molar-refractivity contribution in [3.8, 4) is 0 Å². The molecule has 4 N–H and O–H groups in total. The number of ether oxygens (including phenoxy) is 1. The van der Waals surface area contributed by atoms with Crippen LogP contribution in [0.4, 0.5) is 5.69 Å². The number of non-ortho nitro benzene ring substituents is 1. The molecule has 0 bridgehead atoms. The second-order valence-corrected chi connectivity index (χ2v) is 4.31. The minimum Gasteiger partial charge on any atom is -0.478 e. The Morgan fingerprint density at radius 2 is 1.90 bits per heavy atom. The first-order valence-electron chi connectivity index (χ1n) is 5.86. The van der Waals surface area contributed by atoms with E-state index in [0.29, 0.717) is 5.56 Å². The summed E-state index contributed by atoms with van der Waals surface area (Å²) in [6.45, 7) is -0.118. The van der Waals surface area contributed by atoms with Crippen molar-refractivity contribution in [1.82, 2.24) is 0 Å². The summed E-state index contributed by atoms with van der Waals surface area (Å²) in [6, 6.07) is 5.41. The number of nitrogens with two attached hydrogens (primary N) is 1. The number of nitro groups is 1. The van der Waals surface area contributed by atoms with Crippen LogP contribution in [0.3, 0.4) is 0 Å². The molecule has 9 nitrogen and oxygen atoms in total. The number of carboxylic acids is 1. The zero-order valence-electron chi connectivity index (χ0n) is 10.9. The van der Waals surface area contributed by atoms with Gasteiger partial charge in [-0.15, -0.1) is 0 Å². The summed E-state index contributed by atoms with van der Waals surface area (Å²) in [7, 11) is 0. The van der Waals surface area contributed by atoms with Gasteiger partial charge in [0.25, 0.3) is 5.69 Å². The zero-order valence-corrected chi connectivity index (χ0v) is 10.9. The standard InChI is InChI=1S/C12H14N2O7/c13-12(18,11(16)17)6-5-10(15)21-7-8-1-3-9(4-2-8)14(19)20/h1-4,18H,5-7,13H2,(H,16,17)/t12-/m0/s1. The number of benzene rings is 1. The highest BCUT2D eigenvalue weighted by Gasteiger charge is 2.31. The smallest absolute Gasteiger partial charge is 0.351 e. The maximum absolute atomic E-state index is 11.4. The van der Waals surface area contributed by atoms with Crippen LogP contribution in [0.2, 0.25) is 0 Å². The third-order valence-corrected chi connectivity index (χ3v) is 2.63. The summed E-state index contributed by atoms with van der Waals surface area (Å²) in [5.41, 5.74) is 3.02. The first kappa shape index (κ1) is 16.5. The molecule has 0 unspecified atom stereocenters. The van der Waals surface area contributed by atoms with Crippen LogP contribution < -0.4 is 5.73 Å². The predicted octanol–water partition coefficient (Wildman–Crippen LogP) is 0.150. The van der Waals surface area contributed by atoms with Gasteiger partial charge in [0, 0.05) is 18.6 Å². The van der Waals surface area contributed by atoms with Gasteiger partial charge in [-0.05, 0) is 17.7 Å². The Bertz CT molecular complexity index is 539. The van der Waals surface area contributed by atoms with Crippen LogP contribution in [0.1, 0.15) is 18.4 Å². The van der Waals surface area contributed by atoms with Gasteiger partial charge in [-0.1, -0.05) is 0 Å². The third kappa shape index (κ3) is 5.16. The molecule has 1 atom stereocenters. The Kier molecular flexibility index (Phi) is 5.33. The highest BCUT2D eigenvalue weighted by Crippen LogP contribution is 2.13. The van der Waals surface area contributed by atoms with Crippen LogP contribution in [0.5, 0.6) is 0 Å². The number of esters is 1. The number of hydrogen-bond acceptors (Lipinski definition) is 7. The van der Waals surface area contributed by atoms with Crippen molar-refractivity contribution in [2.75, 3.05) is 0 Å². The van der Waals surface area contributed by atoms with Gasteiger partial charge in [-0.3, -0.25) is 20.6 Å². The van der Waals surface area contributed by atoms with Gasteiger partial charge >= 0.3 is 11.9 Å². The number of nitro benzene ring substituents is 1. The van der Waals surface area contributed by atoms with E-state index >= 15 is 0 Å².